The minimum atomic E-state index is 0.513. The predicted octanol–water partition coefficient (Wildman–Crippen LogP) is 3.47. The smallest absolute Gasteiger partial charge is 0.00415 e. The molecule has 2 saturated carbocycles. The van der Waals surface area contributed by atoms with Gasteiger partial charge in [0.15, 0.2) is 0 Å². The van der Waals surface area contributed by atoms with Crippen LogP contribution in [0, 0.1) is 11.8 Å². The Morgan fingerprint density at radius 3 is 2.29 bits per heavy atom. The molecule has 0 aromatic carbocycles. The molecule has 2 aliphatic rings. The Balaban J connectivity index is 1.57. The highest BCUT2D eigenvalue weighted by molar-refractivity contribution is 4.77. The molecule has 1 atom stereocenters. The molecular formula is C13H25N. The summed E-state index contributed by atoms with van der Waals surface area (Å²) < 4.78 is 0. The molecule has 2 fully saturated rings. The van der Waals surface area contributed by atoms with Gasteiger partial charge in [0.05, 0.1) is 0 Å². The van der Waals surface area contributed by atoms with Gasteiger partial charge in [0.1, 0.15) is 0 Å². The lowest BCUT2D eigenvalue weighted by molar-refractivity contribution is 0.309. The van der Waals surface area contributed by atoms with Crippen LogP contribution >= 0.6 is 0 Å². The van der Waals surface area contributed by atoms with E-state index < -0.39 is 0 Å². The molecule has 0 aromatic heterocycles. The third-order valence-electron chi connectivity index (χ3n) is 4.00. The predicted molar refractivity (Wildman–Crippen MR) is 61.1 cm³/mol. The Morgan fingerprint density at radius 2 is 1.64 bits per heavy atom. The molecule has 0 heterocycles. The molecule has 0 bridgehead atoms. The minimum Gasteiger partial charge on any atom is -0.328 e. The van der Waals surface area contributed by atoms with E-state index in [0.717, 1.165) is 11.8 Å². The van der Waals surface area contributed by atoms with E-state index in [4.69, 9.17) is 5.73 Å². The van der Waals surface area contributed by atoms with E-state index in [1.54, 1.807) is 0 Å². The van der Waals surface area contributed by atoms with Crippen molar-refractivity contribution in [1.82, 2.24) is 0 Å². The first-order valence-corrected chi connectivity index (χ1v) is 6.60. The highest BCUT2D eigenvalue weighted by Gasteiger charge is 2.23. The van der Waals surface area contributed by atoms with Crippen LogP contribution in [0.3, 0.4) is 0 Å². The number of rotatable bonds is 5. The zero-order chi connectivity index (χ0) is 9.80. The van der Waals surface area contributed by atoms with Gasteiger partial charge >= 0.3 is 0 Å². The quantitative estimate of drug-likeness (QED) is 0.714. The maximum Gasteiger partial charge on any atom is 0.00415 e. The maximum atomic E-state index is 6.18. The fraction of sp³-hybridized carbons (Fsp3) is 1.00. The van der Waals surface area contributed by atoms with E-state index in [1.165, 1.54) is 64.2 Å². The van der Waals surface area contributed by atoms with Gasteiger partial charge in [0.25, 0.3) is 0 Å². The van der Waals surface area contributed by atoms with Gasteiger partial charge in [0.2, 0.25) is 0 Å². The topological polar surface area (TPSA) is 26.0 Å². The van der Waals surface area contributed by atoms with E-state index in [0.29, 0.717) is 6.04 Å². The summed E-state index contributed by atoms with van der Waals surface area (Å²) in [7, 11) is 0. The van der Waals surface area contributed by atoms with Crippen molar-refractivity contribution in [3.05, 3.63) is 0 Å². The van der Waals surface area contributed by atoms with Crippen LogP contribution in [-0.4, -0.2) is 6.04 Å². The summed E-state index contributed by atoms with van der Waals surface area (Å²) in [6.45, 7) is 0. The first-order chi connectivity index (χ1) is 6.84. The molecule has 2 rings (SSSR count). The van der Waals surface area contributed by atoms with Crippen LogP contribution in [0.15, 0.2) is 0 Å². The summed E-state index contributed by atoms with van der Waals surface area (Å²) in [6.07, 6.45) is 14.3. The van der Waals surface area contributed by atoms with Crippen molar-refractivity contribution in [3.8, 4) is 0 Å². The molecule has 2 N–H and O–H groups in total. The second kappa shape index (κ2) is 5.16. The normalized spacial score (nSPS) is 26.4. The lowest BCUT2D eigenvalue weighted by Crippen LogP contribution is -2.24. The van der Waals surface area contributed by atoms with Crippen LogP contribution < -0.4 is 5.73 Å². The van der Waals surface area contributed by atoms with Crippen molar-refractivity contribution in [3.63, 3.8) is 0 Å². The molecule has 0 spiro atoms. The molecule has 0 aliphatic heterocycles. The Kier molecular flexibility index (Phi) is 3.86. The minimum absolute atomic E-state index is 0.513. The fourth-order valence-corrected chi connectivity index (χ4v) is 2.83. The molecule has 0 amide bonds. The third kappa shape index (κ3) is 3.61. The summed E-state index contributed by atoms with van der Waals surface area (Å²) in [5.41, 5.74) is 6.18. The van der Waals surface area contributed by atoms with Crippen molar-refractivity contribution in [2.24, 2.45) is 17.6 Å². The molecule has 82 valence electrons. The van der Waals surface area contributed by atoms with Gasteiger partial charge in [-0.3, -0.25) is 0 Å². The number of hydrogen-bond acceptors (Lipinski definition) is 1. The molecule has 2 aliphatic carbocycles. The van der Waals surface area contributed by atoms with E-state index >= 15 is 0 Å². The first-order valence-electron chi connectivity index (χ1n) is 6.60. The number of hydrogen-bond donors (Lipinski definition) is 1. The molecule has 14 heavy (non-hydrogen) atoms. The van der Waals surface area contributed by atoms with Gasteiger partial charge in [-0.05, 0) is 31.1 Å². The van der Waals surface area contributed by atoms with Crippen molar-refractivity contribution in [2.75, 3.05) is 0 Å². The van der Waals surface area contributed by atoms with E-state index in [1.807, 2.05) is 0 Å². The van der Waals surface area contributed by atoms with E-state index in [2.05, 4.69) is 0 Å². The third-order valence-corrected chi connectivity index (χ3v) is 4.00. The average molecular weight is 195 g/mol. The maximum absolute atomic E-state index is 6.18. The highest BCUT2D eigenvalue weighted by Crippen LogP contribution is 2.35. The van der Waals surface area contributed by atoms with Crippen LogP contribution in [0.2, 0.25) is 0 Å². The van der Waals surface area contributed by atoms with Gasteiger partial charge in [-0.25, -0.2) is 0 Å². The summed E-state index contributed by atoms with van der Waals surface area (Å²) in [5.74, 6) is 2.03. The molecule has 0 saturated heterocycles. The van der Waals surface area contributed by atoms with Gasteiger partial charge in [-0.2, -0.15) is 0 Å². The Labute approximate surface area is 88.4 Å². The molecule has 1 unspecified atom stereocenters. The van der Waals surface area contributed by atoms with Gasteiger partial charge < -0.3 is 5.73 Å². The van der Waals surface area contributed by atoms with Gasteiger partial charge in [0, 0.05) is 6.04 Å². The van der Waals surface area contributed by atoms with Crippen molar-refractivity contribution in [2.45, 2.75) is 70.3 Å². The zero-order valence-electron chi connectivity index (χ0n) is 9.38. The largest absolute Gasteiger partial charge is 0.328 e. The fourth-order valence-electron chi connectivity index (χ4n) is 2.83. The Bertz CT molecular complexity index is 157. The molecular weight excluding hydrogens is 170 g/mol. The van der Waals surface area contributed by atoms with Crippen molar-refractivity contribution in [1.29, 1.82) is 0 Å². The average Bonchev–Trinajstić information content (AvgIpc) is 3.00. The van der Waals surface area contributed by atoms with E-state index in [9.17, 15) is 0 Å². The second-order valence-corrected chi connectivity index (χ2v) is 5.52. The lowest BCUT2D eigenvalue weighted by atomic mass is 9.84. The zero-order valence-corrected chi connectivity index (χ0v) is 9.38. The van der Waals surface area contributed by atoms with E-state index in [-0.39, 0.29) is 0 Å². The summed E-state index contributed by atoms with van der Waals surface area (Å²) in [6, 6.07) is 0.513. The summed E-state index contributed by atoms with van der Waals surface area (Å²) >= 11 is 0. The summed E-state index contributed by atoms with van der Waals surface area (Å²) in [5, 5.41) is 0. The number of nitrogens with two attached hydrogens (primary N) is 1. The van der Waals surface area contributed by atoms with Gasteiger partial charge in [-0.1, -0.05) is 44.9 Å². The van der Waals surface area contributed by atoms with Crippen LogP contribution in [-0.2, 0) is 0 Å². The second-order valence-electron chi connectivity index (χ2n) is 5.52. The standard InChI is InChI=1S/C13H25N/c14-13(9-8-11-6-7-11)10-12-4-2-1-3-5-12/h11-13H,1-10,14H2. The Hall–Kier alpha value is -0.0400. The van der Waals surface area contributed by atoms with Crippen molar-refractivity contribution >= 4 is 0 Å². The summed E-state index contributed by atoms with van der Waals surface area (Å²) in [4.78, 5) is 0. The first kappa shape index (κ1) is 10.5. The molecule has 1 nitrogen and oxygen atoms in total. The van der Waals surface area contributed by atoms with Crippen LogP contribution in [0.5, 0.6) is 0 Å². The lowest BCUT2D eigenvalue weighted by Gasteiger charge is -2.24. The Morgan fingerprint density at radius 1 is 0.929 bits per heavy atom. The van der Waals surface area contributed by atoms with Crippen LogP contribution in [0.4, 0.5) is 0 Å². The molecule has 0 aromatic rings. The van der Waals surface area contributed by atoms with Crippen molar-refractivity contribution < 1.29 is 0 Å². The monoisotopic (exact) mass is 195 g/mol. The molecule has 1 heteroatoms. The SMILES string of the molecule is NC(CCC1CC1)CC1CCCCC1. The molecule has 0 radical (unpaired) electrons. The van der Waals surface area contributed by atoms with Crippen LogP contribution in [0.25, 0.3) is 0 Å². The van der Waals surface area contributed by atoms with Crippen LogP contribution in [0.1, 0.15) is 64.2 Å². The highest BCUT2D eigenvalue weighted by atomic mass is 14.6. The van der Waals surface area contributed by atoms with Gasteiger partial charge in [-0.15, -0.1) is 0 Å².